The van der Waals surface area contributed by atoms with Gasteiger partial charge in [-0.15, -0.1) is 5.10 Å². The quantitative estimate of drug-likeness (QED) is 0.646. The van der Waals surface area contributed by atoms with Gasteiger partial charge in [0.25, 0.3) is 0 Å². The van der Waals surface area contributed by atoms with Crippen LogP contribution in [0.25, 0.3) is 5.69 Å². The molecule has 0 saturated heterocycles. The highest BCUT2D eigenvalue weighted by molar-refractivity contribution is 5.85. The summed E-state index contributed by atoms with van der Waals surface area (Å²) in [7, 11) is 0. The number of aldehydes is 1. The summed E-state index contributed by atoms with van der Waals surface area (Å²) in [6, 6.07) is 12.9. The predicted octanol–water partition coefficient (Wildman–Crippen LogP) is 2.24. The van der Waals surface area contributed by atoms with E-state index in [4.69, 9.17) is 5.73 Å². The van der Waals surface area contributed by atoms with E-state index in [-0.39, 0.29) is 6.04 Å². The molecule has 2 heterocycles. The van der Waals surface area contributed by atoms with E-state index >= 15 is 0 Å². The van der Waals surface area contributed by atoms with E-state index in [1.807, 2.05) is 44.2 Å². The molecule has 2 unspecified atom stereocenters. The zero-order chi connectivity index (χ0) is 20.6. The maximum Gasteiger partial charge on any atom is 0.226 e. The molecule has 148 valence electrons. The van der Waals surface area contributed by atoms with Crippen molar-refractivity contribution >= 4 is 17.9 Å². The number of anilines is 1. The minimum atomic E-state index is -0.874. The van der Waals surface area contributed by atoms with Crippen molar-refractivity contribution in [3.05, 3.63) is 65.0 Å². The second-order valence-corrected chi connectivity index (χ2v) is 7.53. The number of rotatable bonds is 5. The maximum atomic E-state index is 12.5. The summed E-state index contributed by atoms with van der Waals surface area (Å²) >= 11 is 0. The molecule has 2 atom stereocenters. The molecule has 0 radical (unpaired) electrons. The Bertz CT molecular complexity index is 1090. The molecule has 1 aliphatic rings. The van der Waals surface area contributed by atoms with E-state index < -0.39 is 11.3 Å². The summed E-state index contributed by atoms with van der Waals surface area (Å²) < 4.78 is 1.69. The van der Waals surface area contributed by atoms with Crippen LogP contribution in [0, 0.1) is 5.41 Å². The fraction of sp³-hybridized carbons (Fsp3) is 0.286. The number of primary amides is 1. The number of fused-ring (bicyclic) bond motifs is 1. The smallest absolute Gasteiger partial charge is 0.226 e. The van der Waals surface area contributed by atoms with E-state index in [0.29, 0.717) is 18.4 Å². The van der Waals surface area contributed by atoms with Gasteiger partial charge in [0, 0.05) is 17.7 Å². The van der Waals surface area contributed by atoms with Crippen LogP contribution >= 0.6 is 0 Å². The molecule has 8 nitrogen and oxygen atoms in total. The van der Waals surface area contributed by atoms with Crippen LogP contribution in [0.3, 0.4) is 0 Å². The normalized spacial score (nSPS) is 20.6. The van der Waals surface area contributed by atoms with Crippen LogP contribution in [0.5, 0.6) is 0 Å². The van der Waals surface area contributed by atoms with E-state index in [2.05, 4.69) is 20.8 Å². The van der Waals surface area contributed by atoms with Crippen molar-refractivity contribution in [2.75, 3.05) is 5.32 Å². The van der Waals surface area contributed by atoms with Gasteiger partial charge in [-0.25, -0.2) is 0 Å². The van der Waals surface area contributed by atoms with Crippen molar-refractivity contribution in [2.45, 2.75) is 32.7 Å². The van der Waals surface area contributed by atoms with Crippen LogP contribution in [0.2, 0.25) is 0 Å². The number of hydrogen-bond donors (Lipinski definition) is 2. The first-order valence-corrected chi connectivity index (χ1v) is 9.48. The van der Waals surface area contributed by atoms with E-state index in [1.54, 1.807) is 16.8 Å². The van der Waals surface area contributed by atoms with Gasteiger partial charge in [0.1, 0.15) is 6.29 Å². The molecule has 0 fully saturated rings. The number of nitrogens with one attached hydrogen (secondary N) is 1. The molecular formula is C21H22N6O2. The number of amides is 1. The SMILES string of the molecule is CCc1nnnn1-c1cccc(C2Nc3ccc(C=O)cc3CC2(C)C(N)=O)c1. The first kappa shape index (κ1) is 18.8. The van der Waals surface area contributed by atoms with Crippen LogP contribution in [0.15, 0.2) is 42.5 Å². The van der Waals surface area contributed by atoms with Crippen molar-refractivity contribution in [3.63, 3.8) is 0 Å². The molecule has 1 aromatic heterocycles. The first-order chi connectivity index (χ1) is 14.0. The Morgan fingerprint density at radius 3 is 2.90 bits per heavy atom. The minimum Gasteiger partial charge on any atom is -0.377 e. The third kappa shape index (κ3) is 3.16. The number of carbonyl (C=O) groups excluding carboxylic acids is 2. The van der Waals surface area contributed by atoms with E-state index in [9.17, 15) is 9.59 Å². The molecule has 2 aromatic carbocycles. The minimum absolute atomic E-state index is 0.337. The lowest BCUT2D eigenvalue weighted by atomic mass is 9.70. The van der Waals surface area contributed by atoms with Gasteiger partial charge in [-0.2, -0.15) is 4.68 Å². The third-order valence-electron chi connectivity index (χ3n) is 5.62. The van der Waals surface area contributed by atoms with E-state index in [0.717, 1.165) is 34.6 Å². The Morgan fingerprint density at radius 1 is 1.34 bits per heavy atom. The number of aryl methyl sites for hydroxylation is 1. The van der Waals surface area contributed by atoms with Crippen LogP contribution in [-0.2, 0) is 17.6 Å². The number of hydrogen-bond acceptors (Lipinski definition) is 6. The number of aromatic nitrogens is 4. The van der Waals surface area contributed by atoms with Gasteiger partial charge in [0.15, 0.2) is 5.82 Å². The molecule has 3 N–H and O–H groups in total. The van der Waals surface area contributed by atoms with Crippen molar-refractivity contribution in [3.8, 4) is 5.69 Å². The standard InChI is InChI=1S/C21H22N6O2/c1-3-18-24-25-26-27(18)16-6-4-5-14(10-16)19-21(2,20(22)29)11-15-9-13(12-28)7-8-17(15)23-19/h4-10,12,19,23H,3,11H2,1-2H3,(H2,22,29). The summed E-state index contributed by atoms with van der Waals surface area (Å²) in [6.45, 7) is 3.84. The number of benzene rings is 2. The monoisotopic (exact) mass is 390 g/mol. The molecule has 0 saturated carbocycles. The van der Waals surface area contributed by atoms with Crippen molar-refractivity contribution < 1.29 is 9.59 Å². The van der Waals surface area contributed by atoms with Gasteiger partial charge in [0.2, 0.25) is 5.91 Å². The number of tetrazole rings is 1. The second kappa shape index (κ2) is 7.12. The lowest BCUT2D eigenvalue weighted by molar-refractivity contribution is -0.127. The Kier molecular flexibility index (Phi) is 4.62. The Labute approximate surface area is 168 Å². The molecule has 4 rings (SSSR count). The molecule has 1 aliphatic heterocycles. The summed E-state index contributed by atoms with van der Waals surface area (Å²) in [6.07, 6.45) is 1.94. The fourth-order valence-corrected chi connectivity index (χ4v) is 3.93. The third-order valence-corrected chi connectivity index (χ3v) is 5.62. The Hall–Kier alpha value is -3.55. The molecular weight excluding hydrogens is 368 g/mol. The lowest BCUT2D eigenvalue weighted by Crippen LogP contribution is -2.46. The Morgan fingerprint density at radius 2 is 2.17 bits per heavy atom. The molecule has 0 aliphatic carbocycles. The fourth-order valence-electron chi connectivity index (χ4n) is 3.93. The van der Waals surface area contributed by atoms with Crippen molar-refractivity contribution in [2.24, 2.45) is 11.1 Å². The van der Waals surface area contributed by atoms with Gasteiger partial charge in [0.05, 0.1) is 17.1 Å². The average molecular weight is 390 g/mol. The molecule has 0 spiro atoms. The average Bonchev–Trinajstić information content (AvgIpc) is 3.21. The second-order valence-electron chi connectivity index (χ2n) is 7.53. The van der Waals surface area contributed by atoms with E-state index in [1.165, 1.54) is 0 Å². The molecule has 0 bridgehead atoms. The number of nitrogens with two attached hydrogens (primary N) is 1. The van der Waals surface area contributed by atoms with Gasteiger partial charge < -0.3 is 11.1 Å². The van der Waals surface area contributed by atoms with Gasteiger partial charge in [-0.05, 0) is 65.2 Å². The largest absolute Gasteiger partial charge is 0.377 e. The highest BCUT2D eigenvalue weighted by atomic mass is 16.1. The highest BCUT2D eigenvalue weighted by Crippen LogP contribution is 2.45. The predicted molar refractivity (Wildman–Crippen MR) is 108 cm³/mol. The zero-order valence-electron chi connectivity index (χ0n) is 16.3. The summed E-state index contributed by atoms with van der Waals surface area (Å²) in [5.74, 6) is 0.349. The summed E-state index contributed by atoms with van der Waals surface area (Å²) in [5, 5.41) is 15.3. The van der Waals surface area contributed by atoms with Crippen LogP contribution in [-0.4, -0.2) is 32.4 Å². The maximum absolute atomic E-state index is 12.5. The van der Waals surface area contributed by atoms with Crippen LogP contribution in [0.4, 0.5) is 5.69 Å². The number of carbonyl (C=O) groups is 2. The number of nitrogens with zero attached hydrogens (tertiary/aromatic N) is 4. The zero-order valence-corrected chi connectivity index (χ0v) is 16.3. The molecule has 1 amide bonds. The van der Waals surface area contributed by atoms with Crippen molar-refractivity contribution in [1.82, 2.24) is 20.2 Å². The summed E-state index contributed by atoms with van der Waals surface area (Å²) in [4.78, 5) is 23.7. The first-order valence-electron chi connectivity index (χ1n) is 9.48. The highest BCUT2D eigenvalue weighted by Gasteiger charge is 2.44. The Balaban J connectivity index is 1.79. The molecule has 8 heteroatoms. The van der Waals surface area contributed by atoms with Crippen LogP contribution < -0.4 is 11.1 Å². The molecule has 29 heavy (non-hydrogen) atoms. The van der Waals surface area contributed by atoms with Gasteiger partial charge in [-0.3, -0.25) is 9.59 Å². The topological polar surface area (TPSA) is 116 Å². The summed E-state index contributed by atoms with van der Waals surface area (Å²) in [5.41, 5.74) is 9.07. The lowest BCUT2D eigenvalue weighted by Gasteiger charge is -2.41. The van der Waals surface area contributed by atoms with Gasteiger partial charge in [-0.1, -0.05) is 19.1 Å². The van der Waals surface area contributed by atoms with Crippen LogP contribution in [0.1, 0.15) is 47.2 Å². The van der Waals surface area contributed by atoms with Crippen molar-refractivity contribution in [1.29, 1.82) is 0 Å². The van der Waals surface area contributed by atoms with Gasteiger partial charge >= 0.3 is 0 Å². The molecule has 3 aromatic rings.